The first-order valence-corrected chi connectivity index (χ1v) is 11.8. The maximum absolute atomic E-state index is 12.6. The first-order valence-electron chi connectivity index (χ1n) is 9.89. The summed E-state index contributed by atoms with van der Waals surface area (Å²) in [6, 6.07) is 9.43. The van der Waals surface area contributed by atoms with E-state index in [1.807, 2.05) is 0 Å². The van der Waals surface area contributed by atoms with E-state index in [-0.39, 0.29) is 27.9 Å². The summed E-state index contributed by atoms with van der Waals surface area (Å²) in [5, 5.41) is 15.2. The van der Waals surface area contributed by atoms with Gasteiger partial charge in [0.1, 0.15) is 12.1 Å². The molecule has 11 heteroatoms. The predicted octanol–water partition coefficient (Wildman–Crippen LogP) is 3.28. The topological polar surface area (TPSA) is 116 Å². The van der Waals surface area contributed by atoms with Gasteiger partial charge in [-0.3, -0.25) is 14.4 Å². The molecule has 2 unspecified atom stereocenters. The Labute approximate surface area is 204 Å². The minimum Gasteiger partial charge on any atom is -0.480 e. The fourth-order valence-electron chi connectivity index (χ4n) is 3.31. The van der Waals surface area contributed by atoms with Crippen molar-refractivity contribution < 1.29 is 24.3 Å². The number of rotatable bonds is 7. The van der Waals surface area contributed by atoms with Crippen molar-refractivity contribution in [3.8, 4) is 0 Å². The molecule has 0 radical (unpaired) electrons. The van der Waals surface area contributed by atoms with Gasteiger partial charge >= 0.3 is 5.97 Å². The van der Waals surface area contributed by atoms with Crippen molar-refractivity contribution >= 4 is 64.3 Å². The predicted molar refractivity (Wildman–Crippen MR) is 128 cm³/mol. The van der Waals surface area contributed by atoms with Gasteiger partial charge in [0, 0.05) is 24.8 Å². The van der Waals surface area contributed by atoms with Gasteiger partial charge in [0.25, 0.3) is 5.91 Å². The van der Waals surface area contributed by atoms with Crippen molar-refractivity contribution in [1.29, 1.82) is 0 Å². The summed E-state index contributed by atoms with van der Waals surface area (Å²) in [7, 11) is 0. The first kappa shape index (κ1) is 24.9. The summed E-state index contributed by atoms with van der Waals surface area (Å²) in [6.45, 7) is 1.38. The molecule has 33 heavy (non-hydrogen) atoms. The van der Waals surface area contributed by atoms with Crippen LogP contribution in [0.4, 0.5) is 5.69 Å². The second-order valence-corrected chi connectivity index (χ2v) is 9.17. The number of benzene rings is 2. The Hall–Kier alpha value is -2.75. The molecule has 1 saturated heterocycles. The Morgan fingerprint density at radius 3 is 2.33 bits per heavy atom. The lowest BCUT2D eigenvalue weighted by Crippen LogP contribution is -2.52. The lowest BCUT2D eigenvalue weighted by Gasteiger charge is -2.23. The van der Waals surface area contributed by atoms with Crippen LogP contribution in [0.2, 0.25) is 10.0 Å². The van der Waals surface area contributed by atoms with Crippen LogP contribution in [0.3, 0.4) is 0 Å². The van der Waals surface area contributed by atoms with Gasteiger partial charge < -0.3 is 20.6 Å². The summed E-state index contributed by atoms with van der Waals surface area (Å²) < 4.78 is 0. The fraction of sp³-hybridized carbons (Fsp3) is 0.273. The van der Waals surface area contributed by atoms with Gasteiger partial charge in [0.2, 0.25) is 11.8 Å². The molecule has 1 aliphatic rings. The van der Waals surface area contributed by atoms with E-state index in [9.17, 15) is 24.3 Å². The van der Waals surface area contributed by atoms with E-state index in [2.05, 4.69) is 10.6 Å². The van der Waals surface area contributed by atoms with Gasteiger partial charge in [-0.25, -0.2) is 4.79 Å². The SMILES string of the molecule is CC(=O)N1CSCC1C(=O)NC(Cc1ccc(NC(=O)c2c(Cl)cccc2Cl)cc1)C(=O)O. The molecule has 8 nitrogen and oxygen atoms in total. The normalized spacial score (nSPS) is 16.2. The van der Waals surface area contributed by atoms with E-state index < -0.39 is 29.9 Å². The molecule has 1 aliphatic heterocycles. The molecule has 0 bridgehead atoms. The molecular weight excluding hydrogens is 489 g/mol. The van der Waals surface area contributed by atoms with Crippen molar-refractivity contribution in [2.75, 3.05) is 16.9 Å². The van der Waals surface area contributed by atoms with E-state index in [0.717, 1.165) is 0 Å². The Bertz CT molecular complexity index is 1060. The van der Waals surface area contributed by atoms with Crippen LogP contribution >= 0.6 is 35.0 Å². The molecule has 3 rings (SSSR count). The molecule has 2 aromatic rings. The number of hydrogen-bond acceptors (Lipinski definition) is 5. The third kappa shape index (κ3) is 6.19. The number of thioether (sulfide) groups is 1. The van der Waals surface area contributed by atoms with E-state index in [0.29, 0.717) is 22.9 Å². The number of aliphatic carboxylic acids is 1. The Morgan fingerprint density at radius 1 is 1.12 bits per heavy atom. The summed E-state index contributed by atoms with van der Waals surface area (Å²) in [5.41, 5.74) is 1.26. The molecule has 2 aromatic carbocycles. The van der Waals surface area contributed by atoms with Crippen LogP contribution in [0.15, 0.2) is 42.5 Å². The van der Waals surface area contributed by atoms with E-state index in [4.69, 9.17) is 23.2 Å². The standard InChI is InChI=1S/C22H21Cl2N3O5S/c1-12(28)27-11-33-10-18(27)20(29)26-17(22(31)32)9-13-5-7-14(8-6-13)25-21(30)19-15(23)3-2-4-16(19)24/h2-8,17-18H,9-11H2,1H3,(H,25,30)(H,26,29)(H,31,32). The summed E-state index contributed by atoms with van der Waals surface area (Å²) in [4.78, 5) is 49.9. The molecule has 1 heterocycles. The molecule has 1 fully saturated rings. The highest BCUT2D eigenvalue weighted by Crippen LogP contribution is 2.25. The number of nitrogens with one attached hydrogen (secondary N) is 2. The van der Waals surface area contributed by atoms with Crippen molar-refractivity contribution in [3.05, 3.63) is 63.6 Å². The van der Waals surface area contributed by atoms with E-state index in [1.54, 1.807) is 42.5 Å². The smallest absolute Gasteiger partial charge is 0.326 e. The van der Waals surface area contributed by atoms with Crippen LogP contribution in [0.1, 0.15) is 22.8 Å². The highest BCUT2D eigenvalue weighted by Gasteiger charge is 2.35. The van der Waals surface area contributed by atoms with E-state index >= 15 is 0 Å². The van der Waals surface area contributed by atoms with Gasteiger partial charge in [-0.1, -0.05) is 41.4 Å². The van der Waals surface area contributed by atoms with Crippen LogP contribution in [-0.2, 0) is 20.8 Å². The van der Waals surface area contributed by atoms with Crippen LogP contribution < -0.4 is 10.6 Å². The third-order valence-corrected chi connectivity index (χ3v) is 6.69. The molecule has 174 valence electrons. The number of carboxylic acid groups (broad SMARTS) is 1. The lowest BCUT2D eigenvalue weighted by molar-refractivity contribution is -0.143. The van der Waals surface area contributed by atoms with Gasteiger partial charge in [-0.2, -0.15) is 0 Å². The largest absolute Gasteiger partial charge is 0.480 e. The molecule has 0 saturated carbocycles. The number of amides is 3. The molecule has 0 spiro atoms. The maximum Gasteiger partial charge on any atom is 0.326 e. The molecule has 3 N–H and O–H groups in total. The second kappa shape index (κ2) is 10.9. The number of anilines is 1. The van der Waals surface area contributed by atoms with Crippen molar-refractivity contribution in [1.82, 2.24) is 10.2 Å². The molecule has 3 amide bonds. The van der Waals surface area contributed by atoms with Crippen LogP contribution in [0.5, 0.6) is 0 Å². The maximum atomic E-state index is 12.6. The first-order chi connectivity index (χ1) is 15.7. The van der Waals surface area contributed by atoms with Gasteiger partial charge in [-0.15, -0.1) is 11.8 Å². The second-order valence-electron chi connectivity index (χ2n) is 7.36. The van der Waals surface area contributed by atoms with Crippen molar-refractivity contribution in [3.63, 3.8) is 0 Å². The molecule has 2 atom stereocenters. The van der Waals surface area contributed by atoms with Crippen LogP contribution in [0.25, 0.3) is 0 Å². The molecule has 0 aromatic heterocycles. The van der Waals surface area contributed by atoms with Gasteiger partial charge in [0.15, 0.2) is 0 Å². The van der Waals surface area contributed by atoms with Crippen LogP contribution in [0, 0.1) is 0 Å². The fourth-order valence-corrected chi connectivity index (χ4v) is 5.09. The number of nitrogens with zero attached hydrogens (tertiary/aromatic N) is 1. The Balaban J connectivity index is 1.64. The van der Waals surface area contributed by atoms with Crippen molar-refractivity contribution in [2.24, 2.45) is 0 Å². The minimum atomic E-state index is -1.19. The molecular formula is C22H21Cl2N3O5S. The monoisotopic (exact) mass is 509 g/mol. The number of carbonyl (C=O) groups excluding carboxylic acids is 3. The average Bonchev–Trinajstić information content (AvgIpc) is 3.25. The highest BCUT2D eigenvalue weighted by atomic mass is 35.5. The number of carboxylic acids is 1. The van der Waals surface area contributed by atoms with Gasteiger partial charge in [-0.05, 0) is 29.8 Å². The average molecular weight is 510 g/mol. The van der Waals surface area contributed by atoms with Crippen LogP contribution in [-0.4, -0.2) is 57.4 Å². The third-order valence-electron chi connectivity index (χ3n) is 5.05. The van der Waals surface area contributed by atoms with E-state index in [1.165, 1.54) is 23.6 Å². The summed E-state index contributed by atoms with van der Waals surface area (Å²) in [6.07, 6.45) is 0.0333. The zero-order valence-corrected chi connectivity index (χ0v) is 19.8. The minimum absolute atomic E-state index is 0.0333. The zero-order chi connectivity index (χ0) is 24.1. The summed E-state index contributed by atoms with van der Waals surface area (Å²) >= 11 is 13.6. The zero-order valence-electron chi connectivity index (χ0n) is 17.5. The lowest BCUT2D eigenvalue weighted by atomic mass is 10.0. The molecule has 0 aliphatic carbocycles. The van der Waals surface area contributed by atoms with Crippen molar-refractivity contribution in [2.45, 2.75) is 25.4 Å². The Kier molecular flexibility index (Phi) is 8.23. The highest BCUT2D eigenvalue weighted by molar-refractivity contribution is 7.99. The number of carbonyl (C=O) groups is 4. The number of halogens is 2. The van der Waals surface area contributed by atoms with Gasteiger partial charge in [0.05, 0.1) is 21.5 Å². The Morgan fingerprint density at radius 2 is 1.76 bits per heavy atom. The quantitative estimate of drug-likeness (QED) is 0.527. The summed E-state index contributed by atoms with van der Waals surface area (Å²) in [5.74, 6) is -1.57. The number of hydrogen-bond donors (Lipinski definition) is 3.